The highest BCUT2D eigenvalue weighted by molar-refractivity contribution is 8.04. The first-order chi connectivity index (χ1) is 14.7. The SMILES string of the molecule is CC(C1=CCC=C2Sc3cc(C(C)c4ccccc4)ccc3N=C21)c1ccccc1. The third kappa shape index (κ3) is 3.57. The number of hydrogen-bond donors (Lipinski definition) is 0. The van der Waals surface area contributed by atoms with Gasteiger partial charge in [0.05, 0.1) is 11.4 Å². The average Bonchev–Trinajstić information content (AvgIpc) is 2.82. The number of allylic oxidation sites excluding steroid dienone is 4. The summed E-state index contributed by atoms with van der Waals surface area (Å²) in [6.07, 6.45) is 5.64. The van der Waals surface area contributed by atoms with E-state index in [2.05, 4.69) is 105 Å². The lowest BCUT2D eigenvalue weighted by Gasteiger charge is -2.27. The Morgan fingerprint density at radius 3 is 2.10 bits per heavy atom. The minimum absolute atomic E-state index is 0.341. The first-order valence-electron chi connectivity index (χ1n) is 10.6. The van der Waals surface area contributed by atoms with E-state index in [1.165, 1.54) is 32.1 Å². The normalized spacial score (nSPS) is 17.1. The molecule has 1 nitrogen and oxygen atoms in total. The van der Waals surface area contributed by atoms with Gasteiger partial charge in [0.15, 0.2) is 0 Å². The van der Waals surface area contributed by atoms with E-state index in [1.807, 2.05) is 11.8 Å². The Morgan fingerprint density at radius 1 is 0.733 bits per heavy atom. The molecule has 0 fully saturated rings. The molecule has 3 aromatic carbocycles. The fourth-order valence-electron chi connectivity index (χ4n) is 4.29. The van der Waals surface area contributed by atoms with E-state index in [0.29, 0.717) is 11.8 Å². The number of hydrogen-bond acceptors (Lipinski definition) is 2. The summed E-state index contributed by atoms with van der Waals surface area (Å²) < 4.78 is 0. The van der Waals surface area contributed by atoms with Gasteiger partial charge in [0, 0.05) is 21.6 Å². The molecule has 2 atom stereocenters. The second-order valence-corrected chi connectivity index (χ2v) is 9.10. The van der Waals surface area contributed by atoms with Crippen LogP contribution in [0.5, 0.6) is 0 Å². The molecule has 0 saturated carbocycles. The van der Waals surface area contributed by atoms with E-state index in [-0.39, 0.29) is 0 Å². The maximum atomic E-state index is 5.13. The van der Waals surface area contributed by atoms with Gasteiger partial charge in [-0.1, -0.05) is 104 Å². The van der Waals surface area contributed by atoms with Crippen molar-refractivity contribution in [2.45, 2.75) is 37.0 Å². The zero-order valence-corrected chi connectivity index (χ0v) is 18.2. The minimum atomic E-state index is 0.341. The Balaban J connectivity index is 1.48. The molecule has 30 heavy (non-hydrogen) atoms. The van der Waals surface area contributed by atoms with Gasteiger partial charge in [-0.15, -0.1) is 0 Å². The second-order valence-electron chi connectivity index (χ2n) is 8.02. The Morgan fingerprint density at radius 2 is 1.40 bits per heavy atom. The van der Waals surface area contributed by atoms with Gasteiger partial charge in [-0.3, -0.25) is 0 Å². The van der Waals surface area contributed by atoms with Crippen molar-refractivity contribution >= 4 is 23.2 Å². The Bertz CT molecular complexity index is 1160. The van der Waals surface area contributed by atoms with Crippen molar-refractivity contribution in [3.05, 3.63) is 118 Å². The number of rotatable bonds is 4. The molecule has 2 unspecified atom stereocenters. The summed E-state index contributed by atoms with van der Waals surface area (Å²) in [5, 5.41) is 0. The van der Waals surface area contributed by atoms with Crippen molar-refractivity contribution in [1.29, 1.82) is 0 Å². The van der Waals surface area contributed by atoms with Crippen molar-refractivity contribution < 1.29 is 0 Å². The number of aliphatic imine (C=N–C) groups is 1. The molecule has 0 saturated heterocycles. The van der Waals surface area contributed by atoms with Crippen molar-refractivity contribution in [2.75, 3.05) is 0 Å². The van der Waals surface area contributed by atoms with Gasteiger partial charge in [-0.25, -0.2) is 4.99 Å². The predicted molar refractivity (Wildman–Crippen MR) is 129 cm³/mol. The second kappa shape index (κ2) is 8.12. The largest absolute Gasteiger partial charge is 0.246 e. The van der Waals surface area contributed by atoms with Crippen LogP contribution in [-0.2, 0) is 0 Å². The van der Waals surface area contributed by atoms with Crippen LogP contribution in [0.4, 0.5) is 5.69 Å². The molecule has 1 heterocycles. The molecule has 0 amide bonds. The van der Waals surface area contributed by atoms with Gasteiger partial charge in [0.2, 0.25) is 0 Å². The number of benzene rings is 3. The number of fused-ring (bicyclic) bond motifs is 2. The third-order valence-corrected chi connectivity index (χ3v) is 7.28. The lowest BCUT2D eigenvalue weighted by atomic mass is 9.86. The van der Waals surface area contributed by atoms with Crippen LogP contribution >= 0.6 is 11.8 Å². The molecule has 3 aromatic rings. The van der Waals surface area contributed by atoms with Crippen LogP contribution < -0.4 is 0 Å². The molecule has 0 radical (unpaired) electrons. The third-order valence-electron chi connectivity index (χ3n) is 6.15. The van der Waals surface area contributed by atoms with Gasteiger partial charge in [-0.2, -0.15) is 0 Å². The van der Waals surface area contributed by atoms with E-state index >= 15 is 0 Å². The molecule has 0 spiro atoms. The average molecular weight is 408 g/mol. The minimum Gasteiger partial charge on any atom is -0.246 e. The molecule has 5 rings (SSSR count). The van der Waals surface area contributed by atoms with Crippen molar-refractivity contribution in [3.8, 4) is 0 Å². The molecular formula is C28H25NS. The summed E-state index contributed by atoms with van der Waals surface area (Å²) in [6, 6.07) is 28.2. The summed E-state index contributed by atoms with van der Waals surface area (Å²) in [7, 11) is 0. The quantitative estimate of drug-likeness (QED) is 0.426. The van der Waals surface area contributed by atoms with Crippen LogP contribution in [0.25, 0.3) is 0 Å². The molecular weight excluding hydrogens is 382 g/mol. The first-order valence-corrected chi connectivity index (χ1v) is 11.4. The molecule has 0 aromatic heterocycles. The highest BCUT2D eigenvalue weighted by Crippen LogP contribution is 2.46. The van der Waals surface area contributed by atoms with Crippen LogP contribution in [-0.4, -0.2) is 5.71 Å². The lowest BCUT2D eigenvalue weighted by Crippen LogP contribution is -2.15. The van der Waals surface area contributed by atoms with E-state index < -0.39 is 0 Å². The topological polar surface area (TPSA) is 12.4 Å². The molecule has 2 aliphatic rings. The molecule has 148 valence electrons. The predicted octanol–water partition coefficient (Wildman–Crippen LogP) is 8.03. The van der Waals surface area contributed by atoms with Gasteiger partial charge in [0.25, 0.3) is 0 Å². The Hall–Kier alpha value is -2.84. The molecule has 1 aliphatic heterocycles. The molecule has 1 aliphatic carbocycles. The molecule has 0 N–H and O–H groups in total. The summed E-state index contributed by atoms with van der Waals surface area (Å²) in [6.45, 7) is 4.57. The monoisotopic (exact) mass is 407 g/mol. The van der Waals surface area contributed by atoms with Gasteiger partial charge < -0.3 is 0 Å². The van der Waals surface area contributed by atoms with Crippen molar-refractivity contribution in [3.63, 3.8) is 0 Å². The fourth-order valence-corrected chi connectivity index (χ4v) is 5.38. The highest BCUT2D eigenvalue weighted by atomic mass is 32.2. The van der Waals surface area contributed by atoms with E-state index in [4.69, 9.17) is 4.99 Å². The Labute approximate surface area is 183 Å². The van der Waals surface area contributed by atoms with Crippen LogP contribution in [0.1, 0.15) is 48.8 Å². The molecule has 2 heteroatoms. The van der Waals surface area contributed by atoms with E-state index in [9.17, 15) is 0 Å². The Kier molecular flexibility index (Phi) is 5.18. The summed E-state index contributed by atoms with van der Waals surface area (Å²) in [4.78, 5) is 7.69. The van der Waals surface area contributed by atoms with E-state index in [0.717, 1.165) is 17.8 Å². The maximum absolute atomic E-state index is 5.13. The van der Waals surface area contributed by atoms with Crippen LogP contribution in [0, 0.1) is 0 Å². The maximum Gasteiger partial charge on any atom is 0.0808 e. The summed E-state index contributed by atoms with van der Waals surface area (Å²) in [5.41, 5.74) is 7.62. The van der Waals surface area contributed by atoms with Crippen LogP contribution in [0.15, 0.2) is 111 Å². The number of thioether (sulfide) groups is 1. The van der Waals surface area contributed by atoms with E-state index in [1.54, 1.807) is 0 Å². The van der Waals surface area contributed by atoms with Gasteiger partial charge in [0.1, 0.15) is 0 Å². The first kappa shape index (κ1) is 19.1. The lowest BCUT2D eigenvalue weighted by molar-refractivity contribution is 0.915. The fraction of sp³-hybridized carbons (Fsp3) is 0.179. The van der Waals surface area contributed by atoms with Crippen LogP contribution in [0.3, 0.4) is 0 Å². The van der Waals surface area contributed by atoms with Crippen molar-refractivity contribution in [1.82, 2.24) is 0 Å². The van der Waals surface area contributed by atoms with Crippen LogP contribution in [0.2, 0.25) is 0 Å². The smallest absolute Gasteiger partial charge is 0.0808 e. The van der Waals surface area contributed by atoms with Gasteiger partial charge in [-0.05, 0) is 40.8 Å². The van der Waals surface area contributed by atoms with Crippen molar-refractivity contribution in [2.24, 2.45) is 4.99 Å². The summed E-state index contributed by atoms with van der Waals surface area (Å²) in [5.74, 6) is 0.713. The number of nitrogens with zero attached hydrogens (tertiary/aromatic N) is 1. The zero-order chi connectivity index (χ0) is 20.5. The highest BCUT2D eigenvalue weighted by Gasteiger charge is 2.27. The standard InChI is InChI=1S/C28H25NS/c1-19(21-10-5-3-6-11-21)23-16-17-25-27(18-23)30-26-15-9-14-24(28(26)29-25)20(2)22-12-7-4-8-13-22/h3-8,10-20H,9H2,1-2H3. The van der Waals surface area contributed by atoms with Gasteiger partial charge >= 0.3 is 0 Å². The molecule has 0 bridgehead atoms. The zero-order valence-electron chi connectivity index (χ0n) is 17.4. The summed E-state index contributed by atoms with van der Waals surface area (Å²) >= 11 is 1.87.